The average Bonchev–Trinajstić information content (AvgIpc) is 4.04. The standard InChI is InChI=1S/C19H21F2N5O2S.C16H17F2N3OS.C3H4N2O/c1-11-9-29-18(23-11)14-6-12(15(27)8-17-26-22-10-28-17)7-16(25-14)24-13-2-4-19(20,21)5-3-13;1-10-9-23-15(19-10)13-6-11(8-22)7-14(21-13)20-12-2-4-16(17,18)5-3-12;1-3-5-4-2-6-3/h6-7,9-10,13,15,27H,2-5,8H2,1H3,(H,24,25);6-9,12H,2-5H2,1H3,(H,20,21);2H,1H3. The number of aliphatic hydroxyl groups is 1. The summed E-state index contributed by atoms with van der Waals surface area (Å²) in [5.74, 6) is -3.14. The first kappa shape index (κ1) is 42.4. The van der Waals surface area contributed by atoms with E-state index in [4.69, 9.17) is 4.42 Å². The first-order chi connectivity index (χ1) is 27.7. The number of aldehydes is 1. The van der Waals surface area contributed by atoms with Gasteiger partial charge in [-0.2, -0.15) is 0 Å². The van der Waals surface area contributed by atoms with E-state index in [-0.39, 0.29) is 44.2 Å². The molecule has 308 valence electrons. The van der Waals surface area contributed by atoms with Crippen LogP contribution < -0.4 is 10.6 Å². The molecule has 0 saturated heterocycles. The number of nitrogens with zero attached hydrogens (tertiary/aromatic N) is 8. The van der Waals surface area contributed by atoms with Gasteiger partial charge in [-0.15, -0.1) is 43.1 Å². The lowest BCUT2D eigenvalue weighted by Crippen LogP contribution is -2.32. The molecule has 2 aliphatic carbocycles. The normalized spacial score (nSPS) is 17.0. The summed E-state index contributed by atoms with van der Waals surface area (Å²) in [6, 6.07) is 6.71. The van der Waals surface area contributed by atoms with Crippen molar-refractivity contribution in [3.63, 3.8) is 0 Å². The number of carbonyl (C=O) groups is 1. The highest BCUT2D eigenvalue weighted by Crippen LogP contribution is 2.36. The van der Waals surface area contributed by atoms with E-state index in [2.05, 4.69) is 55.4 Å². The van der Waals surface area contributed by atoms with Crippen LogP contribution in [0, 0.1) is 20.8 Å². The number of rotatable bonds is 10. The second-order valence-electron chi connectivity index (χ2n) is 14.1. The zero-order valence-electron chi connectivity index (χ0n) is 31.9. The first-order valence-corrected chi connectivity index (χ1v) is 20.3. The van der Waals surface area contributed by atoms with Crippen molar-refractivity contribution < 1.29 is 36.3 Å². The summed E-state index contributed by atoms with van der Waals surface area (Å²) in [5.41, 5.74) is 4.13. The molecule has 1 atom stereocenters. The van der Waals surface area contributed by atoms with Crippen molar-refractivity contribution in [1.29, 1.82) is 0 Å². The van der Waals surface area contributed by atoms with Crippen molar-refractivity contribution in [2.24, 2.45) is 0 Å². The maximum atomic E-state index is 13.5. The predicted octanol–water partition coefficient (Wildman–Crippen LogP) is 8.86. The molecule has 14 nitrogen and oxygen atoms in total. The third kappa shape index (κ3) is 12.4. The zero-order valence-corrected chi connectivity index (χ0v) is 33.5. The van der Waals surface area contributed by atoms with Crippen LogP contribution in [-0.4, -0.2) is 75.7 Å². The van der Waals surface area contributed by atoms with E-state index in [1.165, 1.54) is 35.5 Å². The van der Waals surface area contributed by atoms with Crippen molar-refractivity contribution in [2.45, 2.75) is 109 Å². The van der Waals surface area contributed by atoms with Crippen LogP contribution in [-0.2, 0) is 6.42 Å². The second kappa shape index (κ2) is 19.0. The van der Waals surface area contributed by atoms with Crippen LogP contribution in [0.4, 0.5) is 29.2 Å². The number of anilines is 2. The summed E-state index contributed by atoms with van der Waals surface area (Å²) < 4.78 is 63.1. The van der Waals surface area contributed by atoms with Gasteiger partial charge in [0.05, 0.1) is 12.5 Å². The summed E-state index contributed by atoms with van der Waals surface area (Å²) in [7, 11) is 0. The van der Waals surface area contributed by atoms with Crippen LogP contribution >= 0.6 is 22.7 Å². The van der Waals surface area contributed by atoms with Crippen LogP contribution in [0.3, 0.4) is 0 Å². The Balaban J connectivity index is 0.000000174. The first-order valence-electron chi connectivity index (χ1n) is 18.5. The number of hydrogen-bond acceptors (Lipinski definition) is 16. The summed E-state index contributed by atoms with van der Waals surface area (Å²) in [4.78, 5) is 29.1. The molecule has 0 amide bonds. The van der Waals surface area contributed by atoms with Crippen molar-refractivity contribution >= 4 is 40.6 Å². The number of thiazole rings is 2. The maximum Gasteiger partial charge on any atom is 0.248 e. The summed E-state index contributed by atoms with van der Waals surface area (Å²) in [6.45, 7) is 5.54. The monoisotopic (exact) mass is 842 g/mol. The number of aromatic nitrogens is 8. The molecule has 8 rings (SSSR count). The third-order valence-electron chi connectivity index (χ3n) is 9.27. The topological polar surface area (TPSA) is 191 Å². The Hall–Kier alpha value is -5.21. The molecule has 2 fully saturated rings. The number of aryl methyl sites for hydroxylation is 3. The molecule has 20 heteroatoms. The van der Waals surface area contributed by atoms with Gasteiger partial charge in [0.1, 0.15) is 39.3 Å². The number of hydrogen-bond donors (Lipinski definition) is 3. The van der Waals surface area contributed by atoms with Gasteiger partial charge >= 0.3 is 0 Å². The van der Waals surface area contributed by atoms with E-state index in [0.29, 0.717) is 71.6 Å². The van der Waals surface area contributed by atoms with Gasteiger partial charge in [-0.1, -0.05) is 0 Å². The molecule has 6 heterocycles. The molecule has 2 aliphatic rings. The smallest absolute Gasteiger partial charge is 0.248 e. The number of alkyl halides is 4. The van der Waals surface area contributed by atoms with Crippen LogP contribution in [0.15, 0.2) is 56.6 Å². The molecule has 6 aromatic heterocycles. The largest absolute Gasteiger partial charge is 0.428 e. The lowest BCUT2D eigenvalue weighted by molar-refractivity contribution is -0.0366. The maximum absolute atomic E-state index is 13.5. The van der Waals surface area contributed by atoms with Crippen molar-refractivity contribution in [3.05, 3.63) is 82.1 Å². The Kier molecular flexibility index (Phi) is 13.9. The van der Waals surface area contributed by atoms with E-state index in [1.54, 1.807) is 31.2 Å². The van der Waals surface area contributed by atoms with Crippen LogP contribution in [0.25, 0.3) is 21.4 Å². The van der Waals surface area contributed by atoms with E-state index in [9.17, 15) is 27.5 Å². The Morgan fingerprint density at radius 2 is 1.28 bits per heavy atom. The fourth-order valence-electron chi connectivity index (χ4n) is 6.26. The van der Waals surface area contributed by atoms with Crippen LogP contribution in [0.5, 0.6) is 0 Å². The Labute approximate surface area is 339 Å². The Bertz CT molecular complexity index is 2200. The third-order valence-corrected chi connectivity index (χ3v) is 11.2. The van der Waals surface area contributed by atoms with E-state index >= 15 is 0 Å². The van der Waals surface area contributed by atoms with Gasteiger partial charge in [-0.3, -0.25) is 4.79 Å². The second-order valence-corrected chi connectivity index (χ2v) is 15.8. The minimum Gasteiger partial charge on any atom is -0.428 e. The molecule has 1 unspecified atom stereocenters. The van der Waals surface area contributed by atoms with E-state index < -0.39 is 17.9 Å². The summed E-state index contributed by atoms with van der Waals surface area (Å²) in [6.07, 6.45) is 3.58. The fraction of sp³-hybridized carbons (Fsp3) is 0.447. The van der Waals surface area contributed by atoms with Gasteiger partial charge in [0.25, 0.3) is 0 Å². The van der Waals surface area contributed by atoms with Gasteiger partial charge in [0.15, 0.2) is 0 Å². The zero-order chi connectivity index (χ0) is 41.3. The Morgan fingerprint density at radius 1 is 0.759 bits per heavy atom. The van der Waals surface area contributed by atoms with Crippen LogP contribution in [0.2, 0.25) is 0 Å². The van der Waals surface area contributed by atoms with E-state index in [1.807, 2.05) is 24.6 Å². The molecule has 58 heavy (non-hydrogen) atoms. The van der Waals surface area contributed by atoms with E-state index in [0.717, 1.165) is 27.7 Å². The van der Waals surface area contributed by atoms with Crippen molar-refractivity contribution in [2.75, 3.05) is 10.6 Å². The average molecular weight is 843 g/mol. The lowest BCUT2D eigenvalue weighted by Gasteiger charge is -2.29. The molecule has 0 radical (unpaired) electrons. The van der Waals surface area contributed by atoms with Crippen molar-refractivity contribution in [1.82, 2.24) is 40.3 Å². The number of pyridine rings is 2. The minimum atomic E-state index is -2.59. The molecular formula is C38H42F4N10O4S2. The predicted molar refractivity (Wildman–Crippen MR) is 209 cm³/mol. The number of halogens is 4. The highest BCUT2D eigenvalue weighted by atomic mass is 32.1. The SMILES string of the molecule is Cc1csc(-c2cc(C(O)Cc3nnco3)cc(NC3CCC(F)(F)CC3)n2)n1.Cc1csc(-c2cc(C=O)cc(NC3CCC(F)(F)CC3)n2)n1.Cc1nnco1. The number of nitrogens with one attached hydrogen (secondary N) is 2. The number of carbonyl (C=O) groups excluding carboxylic acids is 1. The van der Waals surface area contributed by atoms with Gasteiger partial charge in [-0.05, 0) is 69.4 Å². The fourth-order valence-corrected chi connectivity index (χ4v) is 7.77. The molecule has 2 saturated carbocycles. The summed E-state index contributed by atoms with van der Waals surface area (Å²) in [5, 5.41) is 36.8. The molecule has 0 spiro atoms. The molecule has 0 aromatic carbocycles. The molecule has 0 aliphatic heterocycles. The quantitative estimate of drug-likeness (QED) is 0.0875. The van der Waals surface area contributed by atoms with Gasteiger partial charge in [0, 0.05) is 72.4 Å². The molecule has 0 bridgehead atoms. The number of aliphatic hydroxyl groups excluding tert-OH is 1. The Morgan fingerprint density at radius 3 is 1.71 bits per heavy atom. The molecular weight excluding hydrogens is 801 g/mol. The lowest BCUT2D eigenvalue weighted by atomic mass is 9.92. The van der Waals surface area contributed by atoms with Gasteiger partial charge in [-0.25, -0.2) is 37.5 Å². The van der Waals surface area contributed by atoms with Gasteiger partial charge < -0.3 is 24.6 Å². The minimum absolute atomic E-state index is 0.0464. The highest BCUT2D eigenvalue weighted by molar-refractivity contribution is 7.13. The van der Waals surface area contributed by atoms with Crippen molar-refractivity contribution in [3.8, 4) is 21.4 Å². The highest BCUT2D eigenvalue weighted by Gasteiger charge is 2.36. The molecule has 6 aromatic rings. The molecule has 3 N–H and O–H groups in total. The van der Waals surface area contributed by atoms with Crippen LogP contribution in [0.1, 0.15) is 96.6 Å². The summed E-state index contributed by atoms with van der Waals surface area (Å²) >= 11 is 2.92. The van der Waals surface area contributed by atoms with Gasteiger partial charge in [0.2, 0.25) is 36.4 Å².